The zero-order valence-corrected chi connectivity index (χ0v) is 11.6. The third-order valence-electron chi connectivity index (χ3n) is 2.52. The van der Waals surface area contributed by atoms with Crippen LogP contribution in [0.15, 0.2) is 18.5 Å². The van der Waals surface area contributed by atoms with Crippen LogP contribution in [0.3, 0.4) is 0 Å². The molecule has 1 amide bonds. The van der Waals surface area contributed by atoms with E-state index in [1.807, 2.05) is 0 Å². The van der Waals surface area contributed by atoms with Gasteiger partial charge >= 0.3 is 12.3 Å². The molecule has 0 radical (unpaired) electrons. The van der Waals surface area contributed by atoms with Gasteiger partial charge in [0.25, 0.3) is 0 Å². The topological polar surface area (TPSA) is 92.1 Å². The summed E-state index contributed by atoms with van der Waals surface area (Å²) in [6, 6.07) is 1.24. The highest BCUT2D eigenvalue weighted by molar-refractivity contribution is 6.28. The summed E-state index contributed by atoms with van der Waals surface area (Å²) in [4.78, 5) is 25.6. The molecule has 7 nitrogen and oxygen atoms in total. The second kappa shape index (κ2) is 5.72. The molecule has 2 aromatic rings. The van der Waals surface area contributed by atoms with Gasteiger partial charge in [-0.3, -0.25) is 4.90 Å². The third kappa shape index (κ3) is 3.39. The largest absolute Gasteiger partial charge is 0.465 e. The van der Waals surface area contributed by atoms with E-state index in [1.165, 1.54) is 13.1 Å². The number of amides is 1. The fourth-order valence-electron chi connectivity index (χ4n) is 1.43. The van der Waals surface area contributed by atoms with E-state index in [4.69, 9.17) is 16.7 Å². The smallest absolute Gasteiger partial charge is 0.451 e. The zero-order valence-electron chi connectivity index (χ0n) is 10.8. The summed E-state index contributed by atoms with van der Waals surface area (Å²) in [5, 5.41) is 8.62. The summed E-state index contributed by atoms with van der Waals surface area (Å²) in [6.07, 6.45) is -4.11. The van der Waals surface area contributed by atoms with Crippen LogP contribution < -0.4 is 4.90 Å². The van der Waals surface area contributed by atoms with Gasteiger partial charge in [-0.05, 0) is 11.6 Å². The molecule has 22 heavy (non-hydrogen) atoms. The fourth-order valence-corrected chi connectivity index (χ4v) is 1.61. The normalized spacial score (nSPS) is 11.3. The van der Waals surface area contributed by atoms with Crippen molar-refractivity contribution in [1.82, 2.24) is 19.9 Å². The van der Waals surface area contributed by atoms with Crippen molar-refractivity contribution in [2.45, 2.75) is 6.18 Å². The number of alkyl halides is 3. The third-order valence-corrected chi connectivity index (χ3v) is 2.69. The van der Waals surface area contributed by atoms with Gasteiger partial charge in [0, 0.05) is 31.1 Å². The summed E-state index contributed by atoms with van der Waals surface area (Å²) < 4.78 is 37.2. The molecule has 1 N–H and O–H groups in total. The van der Waals surface area contributed by atoms with Crippen LogP contribution in [0.4, 0.5) is 23.8 Å². The minimum atomic E-state index is -4.66. The van der Waals surface area contributed by atoms with E-state index in [9.17, 15) is 18.0 Å². The van der Waals surface area contributed by atoms with Gasteiger partial charge in [-0.25, -0.2) is 24.7 Å². The van der Waals surface area contributed by atoms with Crippen molar-refractivity contribution in [3.8, 4) is 11.3 Å². The fraction of sp³-hybridized carbons (Fsp3) is 0.182. The quantitative estimate of drug-likeness (QED) is 0.849. The Labute approximate surface area is 126 Å². The first-order valence-corrected chi connectivity index (χ1v) is 5.97. The van der Waals surface area contributed by atoms with Crippen molar-refractivity contribution in [2.24, 2.45) is 0 Å². The SMILES string of the molecule is CN(C(=O)O)c1cc(-c2cnc(C(F)(F)F)nc2)nc(Cl)n1. The average molecular weight is 334 g/mol. The molecular formula is C11H7ClF3N5O2. The molecule has 0 fully saturated rings. The van der Waals surface area contributed by atoms with Gasteiger partial charge in [0.15, 0.2) is 0 Å². The van der Waals surface area contributed by atoms with Crippen molar-refractivity contribution in [3.05, 3.63) is 29.6 Å². The van der Waals surface area contributed by atoms with Crippen LogP contribution in [0, 0.1) is 0 Å². The van der Waals surface area contributed by atoms with Gasteiger partial charge in [0.1, 0.15) is 5.82 Å². The minimum Gasteiger partial charge on any atom is -0.465 e. The summed E-state index contributed by atoms with van der Waals surface area (Å²) in [7, 11) is 1.23. The molecule has 0 aliphatic heterocycles. The van der Waals surface area contributed by atoms with Crippen LogP contribution in [-0.4, -0.2) is 38.2 Å². The molecule has 0 aliphatic carbocycles. The van der Waals surface area contributed by atoms with Gasteiger partial charge in [0.2, 0.25) is 11.1 Å². The molecule has 0 saturated heterocycles. The molecule has 0 aliphatic rings. The molecule has 2 aromatic heterocycles. The molecule has 2 rings (SSSR count). The number of hydrogen-bond donors (Lipinski definition) is 1. The minimum absolute atomic E-state index is 0.0394. The summed E-state index contributed by atoms with van der Waals surface area (Å²) in [5.41, 5.74) is 0.231. The second-order valence-electron chi connectivity index (χ2n) is 4.02. The van der Waals surface area contributed by atoms with Crippen LogP contribution in [0.2, 0.25) is 5.28 Å². The van der Waals surface area contributed by atoms with Crippen molar-refractivity contribution in [1.29, 1.82) is 0 Å². The van der Waals surface area contributed by atoms with Crippen molar-refractivity contribution in [3.63, 3.8) is 0 Å². The second-order valence-corrected chi connectivity index (χ2v) is 4.35. The Morgan fingerprint density at radius 3 is 2.36 bits per heavy atom. The van der Waals surface area contributed by atoms with Crippen molar-refractivity contribution in [2.75, 3.05) is 11.9 Å². The molecule has 0 bridgehead atoms. The molecule has 0 aromatic carbocycles. The lowest BCUT2D eigenvalue weighted by atomic mass is 10.2. The Morgan fingerprint density at radius 2 is 1.86 bits per heavy atom. The molecule has 116 valence electrons. The molecular weight excluding hydrogens is 327 g/mol. The van der Waals surface area contributed by atoms with Gasteiger partial charge in [-0.2, -0.15) is 13.2 Å². The average Bonchev–Trinajstić information content (AvgIpc) is 2.45. The van der Waals surface area contributed by atoms with E-state index >= 15 is 0 Å². The maximum absolute atomic E-state index is 12.4. The molecule has 0 saturated carbocycles. The zero-order chi connectivity index (χ0) is 16.5. The van der Waals surface area contributed by atoms with E-state index in [1.54, 1.807) is 0 Å². The lowest BCUT2D eigenvalue weighted by Gasteiger charge is -2.13. The standard InChI is InChI=1S/C11H7ClF3N5O2/c1-20(10(21)22)7-2-6(18-9(12)19-7)5-3-16-8(17-4-5)11(13,14)15/h2-4H,1H3,(H,21,22). The predicted octanol–water partition coefficient (Wildman–Crippen LogP) is 2.72. The number of anilines is 1. The number of carbonyl (C=O) groups is 1. The lowest BCUT2D eigenvalue weighted by molar-refractivity contribution is -0.144. The van der Waals surface area contributed by atoms with Gasteiger partial charge < -0.3 is 5.11 Å². The Morgan fingerprint density at radius 1 is 1.27 bits per heavy atom. The first-order valence-electron chi connectivity index (χ1n) is 5.59. The van der Waals surface area contributed by atoms with E-state index in [2.05, 4.69) is 19.9 Å². The molecule has 2 heterocycles. The highest BCUT2D eigenvalue weighted by atomic mass is 35.5. The van der Waals surface area contributed by atoms with Crippen LogP contribution in [0.25, 0.3) is 11.3 Å². The number of hydrogen-bond acceptors (Lipinski definition) is 5. The number of carboxylic acid groups (broad SMARTS) is 1. The maximum atomic E-state index is 12.4. The number of nitrogens with zero attached hydrogens (tertiary/aromatic N) is 5. The monoisotopic (exact) mass is 333 g/mol. The maximum Gasteiger partial charge on any atom is 0.451 e. The first kappa shape index (κ1) is 15.9. The molecule has 0 unspecified atom stereocenters. The van der Waals surface area contributed by atoms with E-state index in [-0.39, 0.29) is 22.4 Å². The van der Waals surface area contributed by atoms with Crippen molar-refractivity contribution < 1.29 is 23.1 Å². The Bertz CT molecular complexity index is 708. The van der Waals surface area contributed by atoms with Gasteiger partial charge in [-0.15, -0.1) is 0 Å². The summed E-state index contributed by atoms with van der Waals surface area (Å²) in [6.45, 7) is 0. The van der Waals surface area contributed by atoms with E-state index < -0.39 is 18.1 Å². The molecule has 11 heteroatoms. The van der Waals surface area contributed by atoms with Crippen molar-refractivity contribution >= 4 is 23.5 Å². The first-order chi connectivity index (χ1) is 10.2. The summed E-state index contributed by atoms with van der Waals surface area (Å²) >= 11 is 5.69. The van der Waals surface area contributed by atoms with Crippen LogP contribution >= 0.6 is 11.6 Å². The predicted molar refractivity (Wildman–Crippen MR) is 69.5 cm³/mol. The Balaban J connectivity index is 2.42. The Kier molecular flexibility index (Phi) is 4.13. The van der Waals surface area contributed by atoms with Crippen LogP contribution in [-0.2, 0) is 6.18 Å². The Hall–Kier alpha value is -2.49. The van der Waals surface area contributed by atoms with Crippen LogP contribution in [0.5, 0.6) is 0 Å². The van der Waals surface area contributed by atoms with E-state index in [0.29, 0.717) is 0 Å². The highest BCUT2D eigenvalue weighted by Crippen LogP contribution is 2.27. The molecule has 0 spiro atoms. The molecule has 0 atom stereocenters. The highest BCUT2D eigenvalue weighted by Gasteiger charge is 2.34. The van der Waals surface area contributed by atoms with Gasteiger partial charge in [0.05, 0.1) is 5.69 Å². The number of aromatic nitrogens is 4. The summed E-state index contributed by atoms with van der Waals surface area (Å²) in [5.74, 6) is -1.33. The van der Waals surface area contributed by atoms with Gasteiger partial charge in [-0.1, -0.05) is 0 Å². The number of halogens is 4. The van der Waals surface area contributed by atoms with Crippen LogP contribution in [0.1, 0.15) is 5.82 Å². The number of rotatable bonds is 2. The van der Waals surface area contributed by atoms with E-state index in [0.717, 1.165) is 17.3 Å². The lowest BCUT2D eigenvalue weighted by Crippen LogP contribution is -2.25.